The summed E-state index contributed by atoms with van der Waals surface area (Å²) in [6.45, 7) is 1.55. The number of carboxylic acid groups (broad SMARTS) is 1. The normalized spacial score (nSPS) is 21.6. The van der Waals surface area contributed by atoms with Crippen molar-refractivity contribution in [2.75, 3.05) is 32.1 Å². The first-order valence-corrected chi connectivity index (χ1v) is 9.50. The summed E-state index contributed by atoms with van der Waals surface area (Å²) in [5.74, 6) is 0.374. The van der Waals surface area contributed by atoms with Crippen LogP contribution in [0.4, 0.5) is 10.6 Å². The number of carbonyl (C=O) groups is 2. The van der Waals surface area contributed by atoms with Crippen molar-refractivity contribution in [3.05, 3.63) is 23.9 Å². The van der Waals surface area contributed by atoms with Crippen LogP contribution in [-0.4, -0.2) is 65.9 Å². The molecule has 27 heavy (non-hydrogen) atoms. The Kier molecular flexibility index (Phi) is 6.63. The summed E-state index contributed by atoms with van der Waals surface area (Å²) < 4.78 is 5.06. The van der Waals surface area contributed by atoms with Gasteiger partial charge in [0.25, 0.3) is 0 Å². The minimum atomic E-state index is -0.788. The van der Waals surface area contributed by atoms with Crippen molar-refractivity contribution in [1.82, 2.24) is 15.2 Å². The van der Waals surface area contributed by atoms with E-state index < -0.39 is 5.97 Å². The molecule has 2 aliphatic rings. The van der Waals surface area contributed by atoms with E-state index >= 15 is 0 Å². The molecule has 2 fully saturated rings. The summed E-state index contributed by atoms with van der Waals surface area (Å²) in [5, 5.41) is 14.8. The smallest absolute Gasteiger partial charge is 0.320 e. The maximum atomic E-state index is 12.2. The molecule has 0 atom stereocenters. The number of carboxylic acids is 1. The quantitative estimate of drug-likeness (QED) is 0.574. The number of methoxy groups -OCH3 is 1. The average molecular weight is 376 g/mol. The number of urea groups is 1. The third-order valence-electron chi connectivity index (χ3n) is 5.15. The SMILES string of the molecule is COCCc1ccnc(NC(=O)NC2CC(N(CC(=O)O)CC3CC3)C2)c1. The number of nitrogens with one attached hydrogen (secondary N) is 2. The van der Waals surface area contributed by atoms with Crippen LogP contribution >= 0.6 is 0 Å². The van der Waals surface area contributed by atoms with Crippen LogP contribution in [-0.2, 0) is 16.0 Å². The van der Waals surface area contributed by atoms with Crippen LogP contribution in [0.5, 0.6) is 0 Å². The Morgan fingerprint density at radius 2 is 2.15 bits per heavy atom. The fourth-order valence-corrected chi connectivity index (χ4v) is 3.41. The van der Waals surface area contributed by atoms with Crippen LogP contribution in [0.15, 0.2) is 18.3 Å². The van der Waals surface area contributed by atoms with Crippen molar-refractivity contribution in [2.45, 2.75) is 44.2 Å². The Labute approximate surface area is 159 Å². The van der Waals surface area contributed by atoms with Gasteiger partial charge >= 0.3 is 12.0 Å². The lowest BCUT2D eigenvalue weighted by molar-refractivity contribution is -0.139. The Hall–Kier alpha value is -2.19. The van der Waals surface area contributed by atoms with Crippen molar-refractivity contribution < 1.29 is 19.4 Å². The Morgan fingerprint density at radius 3 is 2.81 bits per heavy atom. The number of pyridine rings is 1. The van der Waals surface area contributed by atoms with Gasteiger partial charge in [0.05, 0.1) is 13.2 Å². The van der Waals surface area contributed by atoms with Crippen molar-refractivity contribution >= 4 is 17.8 Å². The topological polar surface area (TPSA) is 104 Å². The number of hydrogen-bond donors (Lipinski definition) is 3. The molecule has 0 spiro atoms. The molecule has 0 aromatic carbocycles. The monoisotopic (exact) mass is 376 g/mol. The third kappa shape index (κ3) is 6.18. The molecule has 2 amide bonds. The molecule has 3 rings (SSSR count). The molecule has 2 aliphatic carbocycles. The van der Waals surface area contributed by atoms with E-state index in [0.29, 0.717) is 18.3 Å². The van der Waals surface area contributed by atoms with Crippen LogP contribution in [0.3, 0.4) is 0 Å². The summed E-state index contributed by atoms with van der Waals surface area (Å²) in [4.78, 5) is 29.5. The first-order chi connectivity index (χ1) is 13.0. The molecule has 0 aliphatic heterocycles. The molecule has 8 nitrogen and oxygen atoms in total. The van der Waals surface area contributed by atoms with Crippen LogP contribution in [0.25, 0.3) is 0 Å². The average Bonchev–Trinajstić information content (AvgIpc) is 3.39. The van der Waals surface area contributed by atoms with Crippen LogP contribution in [0.1, 0.15) is 31.2 Å². The molecule has 1 aromatic heterocycles. The van der Waals surface area contributed by atoms with Gasteiger partial charge in [-0.2, -0.15) is 0 Å². The van der Waals surface area contributed by atoms with E-state index in [1.165, 1.54) is 12.8 Å². The minimum Gasteiger partial charge on any atom is -0.480 e. The number of aliphatic carboxylic acids is 1. The van der Waals surface area contributed by atoms with Gasteiger partial charge in [-0.25, -0.2) is 9.78 Å². The lowest BCUT2D eigenvalue weighted by Crippen LogP contribution is -2.55. The predicted molar refractivity (Wildman–Crippen MR) is 101 cm³/mol. The summed E-state index contributed by atoms with van der Waals surface area (Å²) in [7, 11) is 1.65. The zero-order chi connectivity index (χ0) is 19.2. The standard InChI is InChI=1S/C19H28N4O4/c1-27-7-5-13-4-6-20-17(8-13)22-19(26)21-15-9-16(10-15)23(12-18(24)25)11-14-2-3-14/h4,6,8,14-16H,2-3,5,7,9-12H2,1H3,(H,24,25)(H2,20,21,22,26). The number of aromatic nitrogens is 1. The van der Waals surface area contributed by atoms with Crippen molar-refractivity contribution in [3.8, 4) is 0 Å². The molecule has 0 bridgehead atoms. The van der Waals surface area contributed by atoms with Gasteiger partial charge in [-0.05, 0) is 55.7 Å². The van der Waals surface area contributed by atoms with Gasteiger partial charge in [0.1, 0.15) is 5.82 Å². The highest BCUT2D eigenvalue weighted by molar-refractivity contribution is 5.88. The number of amides is 2. The Balaban J connectivity index is 1.42. The highest BCUT2D eigenvalue weighted by atomic mass is 16.5. The number of hydrogen-bond acceptors (Lipinski definition) is 5. The highest BCUT2D eigenvalue weighted by Gasteiger charge is 2.37. The number of rotatable bonds is 10. The second-order valence-electron chi connectivity index (χ2n) is 7.48. The number of anilines is 1. The summed E-state index contributed by atoms with van der Waals surface area (Å²) in [6.07, 6.45) is 6.40. The zero-order valence-electron chi connectivity index (χ0n) is 15.7. The maximum Gasteiger partial charge on any atom is 0.320 e. The molecule has 0 saturated heterocycles. The van der Waals surface area contributed by atoms with E-state index in [-0.39, 0.29) is 24.7 Å². The summed E-state index contributed by atoms with van der Waals surface area (Å²) >= 11 is 0. The molecule has 1 aromatic rings. The van der Waals surface area contributed by atoms with Gasteiger partial charge in [0, 0.05) is 31.9 Å². The van der Waals surface area contributed by atoms with Gasteiger partial charge in [-0.15, -0.1) is 0 Å². The van der Waals surface area contributed by atoms with Crippen LogP contribution in [0, 0.1) is 5.92 Å². The molecule has 0 unspecified atom stereocenters. The fraction of sp³-hybridized carbons (Fsp3) is 0.632. The second-order valence-corrected chi connectivity index (χ2v) is 7.48. The molecule has 148 valence electrons. The van der Waals surface area contributed by atoms with E-state index in [2.05, 4.69) is 20.5 Å². The fourth-order valence-electron chi connectivity index (χ4n) is 3.41. The van der Waals surface area contributed by atoms with Crippen LogP contribution in [0.2, 0.25) is 0 Å². The molecule has 3 N–H and O–H groups in total. The van der Waals surface area contributed by atoms with Crippen molar-refractivity contribution in [2.24, 2.45) is 5.92 Å². The summed E-state index contributed by atoms with van der Waals surface area (Å²) in [5.41, 5.74) is 1.05. The molecular formula is C19H28N4O4. The van der Waals surface area contributed by atoms with E-state index in [9.17, 15) is 9.59 Å². The predicted octanol–water partition coefficient (Wildman–Crippen LogP) is 1.72. The summed E-state index contributed by atoms with van der Waals surface area (Å²) in [6, 6.07) is 3.77. The van der Waals surface area contributed by atoms with E-state index in [1.54, 1.807) is 13.3 Å². The van der Waals surface area contributed by atoms with E-state index in [1.807, 2.05) is 12.1 Å². The lowest BCUT2D eigenvalue weighted by Gasteiger charge is -2.42. The Morgan fingerprint density at radius 1 is 1.37 bits per heavy atom. The molecule has 0 radical (unpaired) electrons. The largest absolute Gasteiger partial charge is 0.480 e. The molecular weight excluding hydrogens is 348 g/mol. The van der Waals surface area contributed by atoms with Crippen molar-refractivity contribution in [3.63, 3.8) is 0 Å². The molecule has 1 heterocycles. The maximum absolute atomic E-state index is 12.2. The van der Waals surface area contributed by atoms with Gasteiger partial charge in [0.2, 0.25) is 0 Å². The number of nitrogens with zero attached hydrogens (tertiary/aromatic N) is 2. The molecule has 8 heteroatoms. The first kappa shape index (κ1) is 19.6. The van der Waals surface area contributed by atoms with E-state index in [0.717, 1.165) is 31.4 Å². The van der Waals surface area contributed by atoms with Crippen LogP contribution < -0.4 is 10.6 Å². The zero-order valence-corrected chi connectivity index (χ0v) is 15.7. The van der Waals surface area contributed by atoms with Crippen molar-refractivity contribution in [1.29, 1.82) is 0 Å². The lowest BCUT2D eigenvalue weighted by atomic mass is 9.85. The number of ether oxygens (including phenoxy) is 1. The van der Waals surface area contributed by atoms with Gasteiger partial charge in [0.15, 0.2) is 0 Å². The minimum absolute atomic E-state index is 0.0715. The second kappa shape index (κ2) is 9.14. The van der Waals surface area contributed by atoms with E-state index in [4.69, 9.17) is 9.84 Å². The number of carbonyl (C=O) groups excluding carboxylic acids is 1. The molecule has 2 saturated carbocycles. The van der Waals surface area contributed by atoms with Gasteiger partial charge in [-0.1, -0.05) is 0 Å². The van der Waals surface area contributed by atoms with Gasteiger partial charge < -0.3 is 15.2 Å². The Bertz CT molecular complexity index is 659. The highest BCUT2D eigenvalue weighted by Crippen LogP contribution is 2.33. The van der Waals surface area contributed by atoms with Gasteiger partial charge in [-0.3, -0.25) is 15.0 Å². The third-order valence-corrected chi connectivity index (χ3v) is 5.15. The first-order valence-electron chi connectivity index (χ1n) is 9.50.